The van der Waals surface area contributed by atoms with Gasteiger partial charge in [0.15, 0.2) is 0 Å². The second-order valence-electron chi connectivity index (χ2n) is 5.05. The van der Waals surface area contributed by atoms with E-state index in [9.17, 15) is 0 Å². The minimum atomic E-state index is 0.243. The van der Waals surface area contributed by atoms with Crippen molar-refractivity contribution >= 4 is 11.6 Å². The Kier molecular flexibility index (Phi) is 4.18. The molecule has 0 fully saturated rings. The summed E-state index contributed by atoms with van der Waals surface area (Å²) in [5, 5.41) is 0.791. The molecule has 0 saturated carbocycles. The van der Waals surface area contributed by atoms with E-state index in [2.05, 4.69) is 32.9 Å². The summed E-state index contributed by atoms with van der Waals surface area (Å²) in [5.41, 5.74) is 7.24. The van der Waals surface area contributed by atoms with Gasteiger partial charge in [0.05, 0.1) is 0 Å². The molecule has 0 aliphatic carbocycles. The first-order valence-electron chi connectivity index (χ1n) is 5.40. The van der Waals surface area contributed by atoms with Gasteiger partial charge in [-0.3, -0.25) is 0 Å². The van der Waals surface area contributed by atoms with Crippen molar-refractivity contribution in [1.29, 1.82) is 0 Å². The molecule has 1 aromatic carbocycles. The fourth-order valence-corrected chi connectivity index (χ4v) is 2.09. The van der Waals surface area contributed by atoms with Crippen molar-refractivity contribution in [3.63, 3.8) is 0 Å². The summed E-state index contributed by atoms with van der Waals surface area (Å²) in [4.78, 5) is 0. The van der Waals surface area contributed by atoms with Gasteiger partial charge in [0.1, 0.15) is 0 Å². The molecule has 0 bridgehead atoms. The summed E-state index contributed by atoms with van der Waals surface area (Å²) < 4.78 is 0. The van der Waals surface area contributed by atoms with Crippen molar-refractivity contribution in [3.05, 3.63) is 34.9 Å². The van der Waals surface area contributed by atoms with Gasteiger partial charge in [-0.2, -0.15) is 0 Å². The zero-order chi connectivity index (χ0) is 11.5. The summed E-state index contributed by atoms with van der Waals surface area (Å²) >= 11 is 5.88. The Hall–Kier alpha value is -0.530. The SMILES string of the molecule is CC(C)(C)C(CCN)c1ccc(Cl)cc1. The average molecular weight is 226 g/mol. The lowest BCUT2D eigenvalue weighted by atomic mass is 9.75. The molecule has 1 aromatic rings. The van der Waals surface area contributed by atoms with Crippen LogP contribution in [0.2, 0.25) is 5.02 Å². The molecule has 2 N–H and O–H groups in total. The maximum absolute atomic E-state index is 5.88. The first kappa shape index (κ1) is 12.5. The van der Waals surface area contributed by atoms with Crippen LogP contribution in [0.3, 0.4) is 0 Å². The van der Waals surface area contributed by atoms with Gasteiger partial charge in [-0.1, -0.05) is 44.5 Å². The van der Waals surface area contributed by atoms with Crippen molar-refractivity contribution in [2.24, 2.45) is 11.1 Å². The standard InChI is InChI=1S/C13H20ClN/c1-13(2,3)12(8-9-15)10-4-6-11(14)7-5-10/h4-7,12H,8-9,15H2,1-3H3. The van der Waals surface area contributed by atoms with Crippen LogP contribution in [-0.4, -0.2) is 6.54 Å². The van der Waals surface area contributed by atoms with Gasteiger partial charge < -0.3 is 5.73 Å². The molecular weight excluding hydrogens is 206 g/mol. The van der Waals surface area contributed by atoms with Crippen molar-refractivity contribution in [2.45, 2.75) is 33.1 Å². The highest BCUT2D eigenvalue weighted by Crippen LogP contribution is 2.37. The first-order chi connectivity index (χ1) is 6.95. The third-order valence-corrected chi connectivity index (χ3v) is 3.03. The molecule has 0 heterocycles. The van der Waals surface area contributed by atoms with Crippen molar-refractivity contribution in [3.8, 4) is 0 Å². The van der Waals surface area contributed by atoms with E-state index in [0.717, 1.165) is 18.0 Å². The van der Waals surface area contributed by atoms with Crippen LogP contribution in [0.5, 0.6) is 0 Å². The molecule has 0 spiro atoms. The van der Waals surface area contributed by atoms with Crippen LogP contribution in [0, 0.1) is 5.41 Å². The quantitative estimate of drug-likeness (QED) is 0.832. The van der Waals surface area contributed by atoms with Gasteiger partial charge >= 0.3 is 0 Å². The van der Waals surface area contributed by atoms with Gasteiger partial charge in [0.2, 0.25) is 0 Å². The van der Waals surface area contributed by atoms with Crippen LogP contribution in [0.1, 0.15) is 38.7 Å². The smallest absolute Gasteiger partial charge is 0.0406 e. The number of benzene rings is 1. The van der Waals surface area contributed by atoms with Crippen LogP contribution >= 0.6 is 11.6 Å². The van der Waals surface area contributed by atoms with E-state index >= 15 is 0 Å². The molecular formula is C13H20ClN. The van der Waals surface area contributed by atoms with Crippen molar-refractivity contribution in [2.75, 3.05) is 6.54 Å². The molecule has 1 unspecified atom stereocenters. The zero-order valence-corrected chi connectivity index (χ0v) is 10.5. The molecule has 0 radical (unpaired) electrons. The third-order valence-electron chi connectivity index (χ3n) is 2.77. The molecule has 0 amide bonds. The molecule has 1 atom stereocenters. The molecule has 15 heavy (non-hydrogen) atoms. The Bertz CT molecular complexity index is 297. The van der Waals surface area contributed by atoms with Gasteiger partial charge in [-0.25, -0.2) is 0 Å². The Labute approximate surface area is 97.6 Å². The van der Waals surface area contributed by atoms with E-state index in [1.54, 1.807) is 0 Å². The Morgan fingerprint density at radius 2 is 1.73 bits per heavy atom. The highest BCUT2D eigenvalue weighted by Gasteiger charge is 2.25. The lowest BCUT2D eigenvalue weighted by Crippen LogP contribution is -2.21. The first-order valence-corrected chi connectivity index (χ1v) is 5.78. The number of halogens is 1. The lowest BCUT2D eigenvalue weighted by molar-refractivity contribution is 0.308. The predicted molar refractivity (Wildman–Crippen MR) is 67.3 cm³/mol. The van der Waals surface area contributed by atoms with E-state index in [1.165, 1.54) is 5.56 Å². The summed E-state index contributed by atoms with van der Waals surface area (Å²) in [6.07, 6.45) is 1.02. The number of nitrogens with two attached hydrogens (primary N) is 1. The highest BCUT2D eigenvalue weighted by atomic mass is 35.5. The normalized spacial score (nSPS) is 13.9. The minimum absolute atomic E-state index is 0.243. The highest BCUT2D eigenvalue weighted by molar-refractivity contribution is 6.30. The van der Waals surface area contributed by atoms with E-state index in [1.807, 2.05) is 12.1 Å². The fraction of sp³-hybridized carbons (Fsp3) is 0.538. The lowest BCUT2D eigenvalue weighted by Gasteiger charge is -2.31. The van der Waals surface area contributed by atoms with Crippen molar-refractivity contribution in [1.82, 2.24) is 0 Å². The van der Waals surface area contributed by atoms with E-state index in [0.29, 0.717) is 5.92 Å². The summed E-state index contributed by atoms with van der Waals surface area (Å²) in [7, 11) is 0. The molecule has 0 saturated heterocycles. The van der Waals surface area contributed by atoms with Crippen molar-refractivity contribution < 1.29 is 0 Å². The number of hydrogen-bond donors (Lipinski definition) is 1. The van der Waals surface area contributed by atoms with Crippen LogP contribution in [-0.2, 0) is 0 Å². The molecule has 84 valence electrons. The molecule has 1 rings (SSSR count). The summed E-state index contributed by atoms with van der Waals surface area (Å²) in [6.45, 7) is 7.48. The van der Waals surface area contributed by atoms with E-state index in [-0.39, 0.29) is 5.41 Å². The Morgan fingerprint density at radius 3 is 2.13 bits per heavy atom. The van der Waals surface area contributed by atoms with Crippen LogP contribution in [0.25, 0.3) is 0 Å². The average Bonchev–Trinajstić information content (AvgIpc) is 2.14. The zero-order valence-electron chi connectivity index (χ0n) is 9.76. The van der Waals surface area contributed by atoms with Crippen LogP contribution < -0.4 is 5.73 Å². The fourth-order valence-electron chi connectivity index (χ4n) is 1.96. The second kappa shape index (κ2) is 5.00. The van der Waals surface area contributed by atoms with Gasteiger partial charge in [0.25, 0.3) is 0 Å². The Morgan fingerprint density at radius 1 is 1.20 bits per heavy atom. The summed E-state index contributed by atoms with van der Waals surface area (Å²) in [5.74, 6) is 0.500. The van der Waals surface area contributed by atoms with E-state index < -0.39 is 0 Å². The Balaban J connectivity index is 2.94. The van der Waals surface area contributed by atoms with Gasteiger partial charge in [-0.05, 0) is 42.0 Å². The minimum Gasteiger partial charge on any atom is -0.330 e. The largest absolute Gasteiger partial charge is 0.330 e. The van der Waals surface area contributed by atoms with Gasteiger partial charge in [-0.15, -0.1) is 0 Å². The van der Waals surface area contributed by atoms with Crippen LogP contribution in [0.4, 0.5) is 0 Å². The van der Waals surface area contributed by atoms with E-state index in [4.69, 9.17) is 17.3 Å². The monoisotopic (exact) mass is 225 g/mol. The predicted octanol–water partition coefficient (Wildman–Crippen LogP) is 3.82. The molecule has 1 nitrogen and oxygen atoms in total. The molecule has 0 aliphatic heterocycles. The topological polar surface area (TPSA) is 26.0 Å². The molecule has 0 aromatic heterocycles. The maximum Gasteiger partial charge on any atom is 0.0406 e. The number of rotatable bonds is 3. The second-order valence-corrected chi connectivity index (χ2v) is 5.48. The summed E-state index contributed by atoms with van der Waals surface area (Å²) in [6, 6.07) is 8.11. The van der Waals surface area contributed by atoms with Crippen LogP contribution in [0.15, 0.2) is 24.3 Å². The van der Waals surface area contributed by atoms with Gasteiger partial charge in [0, 0.05) is 5.02 Å². The maximum atomic E-state index is 5.88. The number of hydrogen-bond acceptors (Lipinski definition) is 1. The molecule has 2 heteroatoms. The third kappa shape index (κ3) is 3.51. The molecule has 0 aliphatic rings.